The van der Waals surface area contributed by atoms with Gasteiger partial charge in [-0.3, -0.25) is 10.2 Å². The zero-order valence-corrected chi connectivity index (χ0v) is 14.7. The monoisotopic (exact) mass is 358 g/mol. The Balaban J connectivity index is 1.43. The van der Waals surface area contributed by atoms with E-state index in [0.717, 1.165) is 24.2 Å². The molecule has 2 unspecified atom stereocenters. The summed E-state index contributed by atoms with van der Waals surface area (Å²) in [6.45, 7) is 2.09. The van der Waals surface area contributed by atoms with Crippen LogP contribution in [-0.4, -0.2) is 25.5 Å². The van der Waals surface area contributed by atoms with Crippen LogP contribution in [0.2, 0.25) is 5.02 Å². The molecule has 1 heterocycles. The number of carbonyl (C=O) groups is 1. The molecular formula is C19H23ClN4O. The summed E-state index contributed by atoms with van der Waals surface area (Å²) < 4.78 is 0. The van der Waals surface area contributed by atoms with Gasteiger partial charge in [-0.2, -0.15) is 0 Å². The van der Waals surface area contributed by atoms with Gasteiger partial charge in [0.15, 0.2) is 0 Å². The highest BCUT2D eigenvalue weighted by Crippen LogP contribution is 2.26. The average Bonchev–Trinajstić information content (AvgIpc) is 3.12. The molecule has 0 aliphatic carbocycles. The second kappa shape index (κ2) is 8.85. The van der Waals surface area contributed by atoms with E-state index in [-0.39, 0.29) is 17.9 Å². The molecule has 2 aromatic rings. The van der Waals surface area contributed by atoms with Crippen molar-refractivity contribution in [3.8, 4) is 0 Å². The molecule has 1 fully saturated rings. The number of hydrogen-bond donors (Lipinski definition) is 4. The average molecular weight is 359 g/mol. The standard InChI is InChI=1S/C19H23ClN4O/c20-15-9-7-14(8-10-15)18-17(13-23-24-18)19(25)22-12-4-11-21-16-5-2-1-3-6-16/h1-3,5-10,17-18,21,23-24H,4,11-13H2,(H,22,25). The number of nitrogens with one attached hydrogen (secondary N) is 4. The maximum Gasteiger partial charge on any atom is 0.226 e. The largest absolute Gasteiger partial charge is 0.385 e. The minimum absolute atomic E-state index is 0.0419. The van der Waals surface area contributed by atoms with Gasteiger partial charge in [-0.1, -0.05) is 41.9 Å². The third-order valence-corrected chi connectivity index (χ3v) is 4.56. The van der Waals surface area contributed by atoms with Gasteiger partial charge in [-0.05, 0) is 36.2 Å². The van der Waals surface area contributed by atoms with Gasteiger partial charge in [0.2, 0.25) is 5.91 Å². The molecule has 4 N–H and O–H groups in total. The minimum Gasteiger partial charge on any atom is -0.385 e. The highest BCUT2D eigenvalue weighted by atomic mass is 35.5. The first-order chi connectivity index (χ1) is 12.2. The summed E-state index contributed by atoms with van der Waals surface area (Å²) in [5.41, 5.74) is 8.42. The summed E-state index contributed by atoms with van der Waals surface area (Å²) in [6, 6.07) is 17.6. The van der Waals surface area contributed by atoms with E-state index in [1.807, 2.05) is 54.6 Å². The van der Waals surface area contributed by atoms with Crippen molar-refractivity contribution in [3.05, 3.63) is 65.2 Å². The zero-order chi connectivity index (χ0) is 17.5. The lowest BCUT2D eigenvalue weighted by Crippen LogP contribution is -2.36. The van der Waals surface area contributed by atoms with Gasteiger partial charge in [0, 0.05) is 30.3 Å². The van der Waals surface area contributed by atoms with Crippen molar-refractivity contribution in [1.82, 2.24) is 16.2 Å². The van der Waals surface area contributed by atoms with Crippen LogP contribution in [0.15, 0.2) is 54.6 Å². The minimum atomic E-state index is -0.136. The van der Waals surface area contributed by atoms with Crippen molar-refractivity contribution in [1.29, 1.82) is 0 Å². The van der Waals surface area contributed by atoms with Gasteiger partial charge in [0.25, 0.3) is 0 Å². The number of carbonyl (C=O) groups excluding carboxylic acids is 1. The Kier molecular flexibility index (Phi) is 6.28. The Morgan fingerprint density at radius 2 is 1.84 bits per heavy atom. The first-order valence-corrected chi connectivity index (χ1v) is 8.92. The number of benzene rings is 2. The van der Waals surface area contributed by atoms with Crippen LogP contribution in [0.3, 0.4) is 0 Å². The summed E-state index contributed by atoms with van der Waals surface area (Å²) in [5, 5.41) is 7.07. The topological polar surface area (TPSA) is 65.2 Å². The maximum atomic E-state index is 12.5. The molecule has 3 rings (SSSR count). The molecule has 1 saturated heterocycles. The first kappa shape index (κ1) is 17.7. The molecule has 6 heteroatoms. The molecule has 2 aromatic carbocycles. The van der Waals surface area contributed by atoms with Crippen molar-refractivity contribution in [2.45, 2.75) is 12.5 Å². The number of para-hydroxylation sites is 1. The van der Waals surface area contributed by atoms with E-state index in [9.17, 15) is 4.79 Å². The Morgan fingerprint density at radius 1 is 1.08 bits per heavy atom. The fraction of sp³-hybridized carbons (Fsp3) is 0.316. The fourth-order valence-corrected chi connectivity index (χ4v) is 3.07. The van der Waals surface area contributed by atoms with Crippen LogP contribution >= 0.6 is 11.6 Å². The van der Waals surface area contributed by atoms with Gasteiger partial charge in [0.05, 0.1) is 12.0 Å². The van der Waals surface area contributed by atoms with E-state index in [4.69, 9.17) is 11.6 Å². The van der Waals surface area contributed by atoms with Crippen LogP contribution in [0.1, 0.15) is 18.0 Å². The molecular weight excluding hydrogens is 336 g/mol. The molecule has 1 amide bonds. The molecule has 0 saturated carbocycles. The molecule has 5 nitrogen and oxygen atoms in total. The van der Waals surface area contributed by atoms with E-state index in [0.29, 0.717) is 18.1 Å². The number of anilines is 1. The van der Waals surface area contributed by atoms with Crippen molar-refractivity contribution >= 4 is 23.2 Å². The SMILES string of the molecule is O=C(NCCCNc1ccccc1)C1CNNC1c1ccc(Cl)cc1. The van der Waals surface area contributed by atoms with Crippen LogP contribution in [-0.2, 0) is 4.79 Å². The van der Waals surface area contributed by atoms with Crippen LogP contribution in [0.25, 0.3) is 0 Å². The summed E-state index contributed by atoms with van der Waals surface area (Å²) in [6.07, 6.45) is 0.875. The lowest BCUT2D eigenvalue weighted by Gasteiger charge is -2.18. The Bertz CT molecular complexity index is 678. The number of hydrazine groups is 1. The lowest BCUT2D eigenvalue weighted by atomic mass is 9.94. The van der Waals surface area contributed by atoms with E-state index in [1.165, 1.54) is 0 Å². The predicted molar refractivity (Wildman–Crippen MR) is 101 cm³/mol. The van der Waals surface area contributed by atoms with Crippen molar-refractivity contribution < 1.29 is 4.79 Å². The third-order valence-electron chi connectivity index (χ3n) is 4.30. The maximum absolute atomic E-state index is 12.5. The van der Waals surface area contributed by atoms with Crippen LogP contribution in [0.5, 0.6) is 0 Å². The molecule has 1 aliphatic rings. The quantitative estimate of drug-likeness (QED) is 0.575. The van der Waals surface area contributed by atoms with Gasteiger partial charge in [-0.25, -0.2) is 5.43 Å². The number of halogens is 1. The first-order valence-electron chi connectivity index (χ1n) is 8.54. The molecule has 132 valence electrons. The highest BCUT2D eigenvalue weighted by molar-refractivity contribution is 6.30. The van der Waals surface area contributed by atoms with Crippen LogP contribution in [0.4, 0.5) is 5.69 Å². The molecule has 0 aromatic heterocycles. The molecule has 0 bridgehead atoms. The Hall–Kier alpha value is -2.08. The third kappa shape index (κ3) is 4.95. The van der Waals surface area contributed by atoms with Crippen molar-refractivity contribution in [3.63, 3.8) is 0 Å². The number of rotatable bonds is 7. The molecule has 0 spiro atoms. The van der Waals surface area contributed by atoms with E-state index < -0.39 is 0 Å². The summed E-state index contributed by atoms with van der Waals surface area (Å²) in [4.78, 5) is 12.5. The molecule has 1 aliphatic heterocycles. The zero-order valence-electron chi connectivity index (χ0n) is 14.0. The van der Waals surface area contributed by atoms with E-state index in [1.54, 1.807) is 0 Å². The predicted octanol–water partition coefficient (Wildman–Crippen LogP) is 2.72. The van der Waals surface area contributed by atoms with Crippen molar-refractivity contribution in [2.24, 2.45) is 5.92 Å². The van der Waals surface area contributed by atoms with E-state index in [2.05, 4.69) is 21.5 Å². The van der Waals surface area contributed by atoms with Crippen LogP contribution in [0, 0.1) is 5.92 Å². The molecule has 0 radical (unpaired) electrons. The summed E-state index contributed by atoms with van der Waals surface area (Å²) in [5.74, 6) is -0.0691. The van der Waals surface area contributed by atoms with Gasteiger partial charge in [0.1, 0.15) is 0 Å². The van der Waals surface area contributed by atoms with Gasteiger partial charge >= 0.3 is 0 Å². The Labute approximate surface area is 153 Å². The van der Waals surface area contributed by atoms with Gasteiger partial charge in [-0.15, -0.1) is 0 Å². The normalized spacial score (nSPS) is 19.6. The smallest absolute Gasteiger partial charge is 0.226 e. The fourth-order valence-electron chi connectivity index (χ4n) is 2.95. The van der Waals surface area contributed by atoms with Crippen LogP contribution < -0.4 is 21.5 Å². The number of amides is 1. The molecule has 2 atom stereocenters. The number of hydrogen-bond acceptors (Lipinski definition) is 4. The molecule has 25 heavy (non-hydrogen) atoms. The van der Waals surface area contributed by atoms with Crippen molar-refractivity contribution in [2.75, 3.05) is 25.0 Å². The Morgan fingerprint density at radius 3 is 2.60 bits per heavy atom. The van der Waals surface area contributed by atoms with E-state index >= 15 is 0 Å². The summed E-state index contributed by atoms with van der Waals surface area (Å²) in [7, 11) is 0. The highest BCUT2D eigenvalue weighted by Gasteiger charge is 2.33. The van der Waals surface area contributed by atoms with Gasteiger partial charge < -0.3 is 10.6 Å². The second-order valence-electron chi connectivity index (χ2n) is 6.10. The lowest BCUT2D eigenvalue weighted by molar-refractivity contribution is -0.124. The summed E-state index contributed by atoms with van der Waals surface area (Å²) >= 11 is 5.94. The second-order valence-corrected chi connectivity index (χ2v) is 6.53.